The van der Waals surface area contributed by atoms with Crippen molar-refractivity contribution >= 4 is 5.82 Å². The largest absolute Gasteiger partial charge is 0.464 e. The van der Waals surface area contributed by atoms with Crippen molar-refractivity contribution < 1.29 is 22.3 Å². The number of pyridine rings is 1. The first-order valence-electron chi connectivity index (χ1n) is 7.51. The van der Waals surface area contributed by atoms with Crippen LogP contribution in [-0.2, 0) is 6.18 Å². The standard InChI is InChI=1S/C17H15F4N3O/c18-12-3-1-10(2-4-12)13-9-11(13)6-8-25-14-5-7-23-16(24-22)15(14)17(19,20)21/h1-8,11,13H,9,22H2,(H,23,24)/b8-6+/t11?,13-/m1/s1. The lowest BCUT2D eigenvalue weighted by molar-refractivity contribution is -0.138. The van der Waals surface area contributed by atoms with Crippen LogP contribution in [0.4, 0.5) is 23.4 Å². The third kappa shape index (κ3) is 3.90. The van der Waals surface area contributed by atoms with Gasteiger partial charge in [0.15, 0.2) is 5.82 Å². The highest BCUT2D eigenvalue weighted by molar-refractivity contribution is 5.53. The van der Waals surface area contributed by atoms with Crippen molar-refractivity contribution in [2.24, 2.45) is 11.8 Å². The van der Waals surface area contributed by atoms with Crippen LogP contribution in [0.2, 0.25) is 0 Å². The molecule has 0 saturated heterocycles. The van der Waals surface area contributed by atoms with E-state index >= 15 is 0 Å². The molecule has 1 heterocycles. The minimum atomic E-state index is -4.66. The maximum absolute atomic E-state index is 13.1. The maximum Gasteiger partial charge on any atom is 0.423 e. The Kier molecular flexibility index (Phi) is 4.63. The summed E-state index contributed by atoms with van der Waals surface area (Å²) < 4.78 is 57.5. The molecule has 1 aliphatic carbocycles. The van der Waals surface area contributed by atoms with Gasteiger partial charge in [0, 0.05) is 6.20 Å². The average Bonchev–Trinajstić information content (AvgIpc) is 3.33. The highest BCUT2D eigenvalue weighted by Gasteiger charge is 2.39. The quantitative estimate of drug-likeness (QED) is 0.366. The normalized spacial score (nSPS) is 19.9. The van der Waals surface area contributed by atoms with E-state index in [0.717, 1.165) is 18.1 Å². The molecule has 2 atom stereocenters. The van der Waals surface area contributed by atoms with E-state index in [4.69, 9.17) is 10.6 Å². The van der Waals surface area contributed by atoms with Crippen LogP contribution in [0.5, 0.6) is 5.75 Å². The summed E-state index contributed by atoms with van der Waals surface area (Å²) in [5, 5.41) is 0. The van der Waals surface area contributed by atoms with Gasteiger partial charge in [0.05, 0.1) is 6.26 Å². The van der Waals surface area contributed by atoms with E-state index in [1.807, 2.05) is 5.43 Å². The summed E-state index contributed by atoms with van der Waals surface area (Å²) >= 11 is 0. The number of benzene rings is 1. The lowest BCUT2D eigenvalue weighted by Crippen LogP contribution is -2.17. The zero-order valence-corrected chi connectivity index (χ0v) is 12.9. The molecule has 4 nitrogen and oxygen atoms in total. The Bertz CT molecular complexity index is 774. The molecule has 1 unspecified atom stereocenters. The lowest BCUT2D eigenvalue weighted by atomic mass is 10.1. The third-order valence-electron chi connectivity index (χ3n) is 3.99. The van der Waals surface area contributed by atoms with Gasteiger partial charge in [-0.3, -0.25) is 0 Å². The molecule has 1 aromatic carbocycles. The molecule has 3 rings (SSSR count). The molecule has 1 fully saturated rings. The Labute approximate surface area is 141 Å². The first kappa shape index (κ1) is 17.2. The van der Waals surface area contributed by atoms with Crippen LogP contribution in [0, 0.1) is 11.7 Å². The monoisotopic (exact) mass is 353 g/mol. The number of alkyl halides is 3. The minimum absolute atomic E-state index is 0.147. The molecule has 3 N–H and O–H groups in total. The predicted molar refractivity (Wildman–Crippen MR) is 84.1 cm³/mol. The third-order valence-corrected chi connectivity index (χ3v) is 3.99. The van der Waals surface area contributed by atoms with Crippen LogP contribution >= 0.6 is 0 Å². The second kappa shape index (κ2) is 6.72. The van der Waals surface area contributed by atoms with E-state index in [2.05, 4.69) is 4.98 Å². The number of allylic oxidation sites excluding steroid dienone is 1. The summed E-state index contributed by atoms with van der Waals surface area (Å²) in [5.74, 6) is 4.26. The Morgan fingerprint density at radius 2 is 1.92 bits per heavy atom. The molecule has 25 heavy (non-hydrogen) atoms. The Hall–Kier alpha value is -2.61. The molecular weight excluding hydrogens is 338 g/mol. The highest BCUT2D eigenvalue weighted by Crippen LogP contribution is 2.48. The molecule has 0 bridgehead atoms. The van der Waals surface area contributed by atoms with Gasteiger partial charge in [-0.1, -0.05) is 12.1 Å². The number of hydrazine groups is 1. The number of nitrogens with one attached hydrogen (secondary N) is 1. The molecule has 1 saturated carbocycles. The minimum Gasteiger partial charge on any atom is -0.464 e. The van der Waals surface area contributed by atoms with Gasteiger partial charge in [-0.2, -0.15) is 13.2 Å². The second-order valence-corrected chi connectivity index (χ2v) is 5.68. The molecule has 0 radical (unpaired) electrons. The summed E-state index contributed by atoms with van der Waals surface area (Å²) in [4.78, 5) is 3.55. The van der Waals surface area contributed by atoms with E-state index in [0.29, 0.717) is 0 Å². The fourth-order valence-corrected chi connectivity index (χ4v) is 2.66. The fraction of sp³-hybridized carbons (Fsp3) is 0.235. The number of hydrogen-bond donors (Lipinski definition) is 2. The smallest absolute Gasteiger partial charge is 0.423 e. The number of nitrogens with zero attached hydrogens (tertiary/aromatic N) is 1. The molecule has 0 aliphatic heterocycles. The van der Waals surface area contributed by atoms with Gasteiger partial charge in [-0.15, -0.1) is 0 Å². The Balaban J connectivity index is 1.68. The molecule has 8 heteroatoms. The second-order valence-electron chi connectivity index (χ2n) is 5.68. The summed E-state index contributed by atoms with van der Waals surface area (Å²) in [6.45, 7) is 0. The van der Waals surface area contributed by atoms with Crippen LogP contribution < -0.4 is 16.0 Å². The fourth-order valence-electron chi connectivity index (χ4n) is 2.66. The van der Waals surface area contributed by atoms with Gasteiger partial charge in [0.25, 0.3) is 0 Å². The van der Waals surface area contributed by atoms with Crippen molar-refractivity contribution in [3.63, 3.8) is 0 Å². The SMILES string of the molecule is NNc1nccc(O/C=C/C2C[C@@H]2c2ccc(F)cc2)c1C(F)(F)F. The van der Waals surface area contributed by atoms with Crippen molar-refractivity contribution in [1.82, 2.24) is 4.98 Å². The Morgan fingerprint density at radius 1 is 1.20 bits per heavy atom. The summed E-state index contributed by atoms with van der Waals surface area (Å²) in [6.07, 6.45) is 0.286. The molecule has 1 aliphatic rings. The topological polar surface area (TPSA) is 60.2 Å². The summed E-state index contributed by atoms with van der Waals surface area (Å²) in [5.41, 5.74) is 1.85. The number of rotatable bonds is 5. The molecule has 1 aromatic heterocycles. The van der Waals surface area contributed by atoms with Crippen molar-refractivity contribution in [3.8, 4) is 5.75 Å². The molecule has 132 valence electrons. The summed E-state index contributed by atoms with van der Waals surface area (Å²) in [6, 6.07) is 7.31. The number of hydrogen-bond acceptors (Lipinski definition) is 4. The lowest BCUT2D eigenvalue weighted by Gasteiger charge is -2.14. The van der Waals surface area contributed by atoms with Crippen molar-refractivity contribution in [2.75, 3.05) is 5.43 Å². The molecule has 0 amide bonds. The van der Waals surface area contributed by atoms with Crippen LogP contribution in [0.3, 0.4) is 0 Å². The van der Waals surface area contributed by atoms with Crippen molar-refractivity contribution in [1.29, 1.82) is 0 Å². The van der Waals surface area contributed by atoms with Gasteiger partial charge in [0.1, 0.15) is 17.1 Å². The zero-order valence-electron chi connectivity index (χ0n) is 12.9. The van der Waals surface area contributed by atoms with E-state index < -0.39 is 17.6 Å². The van der Waals surface area contributed by atoms with E-state index in [1.54, 1.807) is 18.2 Å². The van der Waals surface area contributed by atoms with Gasteiger partial charge >= 0.3 is 6.18 Å². The van der Waals surface area contributed by atoms with Gasteiger partial charge in [-0.05, 0) is 48.1 Å². The number of halogens is 4. The number of ether oxygens (including phenoxy) is 1. The van der Waals surface area contributed by atoms with Crippen LogP contribution in [-0.4, -0.2) is 4.98 Å². The van der Waals surface area contributed by atoms with Crippen LogP contribution in [0.15, 0.2) is 48.9 Å². The van der Waals surface area contributed by atoms with Gasteiger partial charge in [0.2, 0.25) is 0 Å². The van der Waals surface area contributed by atoms with E-state index in [9.17, 15) is 17.6 Å². The number of anilines is 1. The van der Waals surface area contributed by atoms with Crippen molar-refractivity contribution in [3.05, 3.63) is 65.8 Å². The van der Waals surface area contributed by atoms with Gasteiger partial charge < -0.3 is 10.2 Å². The molecular formula is C17H15F4N3O. The molecule has 0 spiro atoms. The summed E-state index contributed by atoms with van der Waals surface area (Å²) in [7, 11) is 0. The van der Waals surface area contributed by atoms with Gasteiger partial charge in [-0.25, -0.2) is 15.2 Å². The van der Waals surface area contributed by atoms with Crippen LogP contribution in [0.25, 0.3) is 0 Å². The number of aromatic nitrogens is 1. The number of nitrogens with two attached hydrogens (primary N) is 1. The van der Waals surface area contributed by atoms with Crippen molar-refractivity contribution in [2.45, 2.75) is 18.5 Å². The Morgan fingerprint density at radius 3 is 2.56 bits per heavy atom. The first-order chi connectivity index (χ1) is 11.9. The molecule has 2 aromatic rings. The predicted octanol–water partition coefficient (Wildman–Crippen LogP) is 4.22. The zero-order chi connectivity index (χ0) is 18.0. The maximum atomic E-state index is 13.1. The number of nitrogen functional groups attached to an aromatic ring is 1. The first-order valence-corrected chi connectivity index (χ1v) is 7.51. The van der Waals surface area contributed by atoms with Crippen LogP contribution in [0.1, 0.15) is 23.5 Å². The van der Waals surface area contributed by atoms with E-state index in [1.165, 1.54) is 24.6 Å². The van der Waals surface area contributed by atoms with E-state index in [-0.39, 0.29) is 23.4 Å². The highest BCUT2D eigenvalue weighted by atomic mass is 19.4. The average molecular weight is 353 g/mol.